The fourth-order valence-corrected chi connectivity index (χ4v) is 2.51. The third-order valence-electron chi connectivity index (χ3n) is 3.61. The molecule has 1 aliphatic heterocycles. The molecule has 1 saturated heterocycles. The number of aromatic amines is 1. The van der Waals surface area contributed by atoms with Crippen molar-refractivity contribution in [3.8, 4) is 11.5 Å². The van der Waals surface area contributed by atoms with Crippen LogP contribution in [0, 0.1) is 0 Å². The van der Waals surface area contributed by atoms with E-state index in [9.17, 15) is 4.79 Å². The Morgan fingerprint density at radius 3 is 3.09 bits per heavy atom. The molecule has 8 heteroatoms. The highest BCUT2D eigenvalue weighted by molar-refractivity contribution is 5.96. The summed E-state index contributed by atoms with van der Waals surface area (Å²) in [6, 6.07) is 5.49. The van der Waals surface area contributed by atoms with Crippen molar-refractivity contribution in [2.75, 3.05) is 11.4 Å². The number of nitrogens with zero attached hydrogens (tertiary/aromatic N) is 5. The van der Waals surface area contributed by atoms with Crippen molar-refractivity contribution in [1.82, 2.24) is 25.3 Å². The summed E-state index contributed by atoms with van der Waals surface area (Å²) in [7, 11) is 0. The first-order chi connectivity index (χ1) is 10.8. The molecule has 0 unspecified atom stereocenters. The van der Waals surface area contributed by atoms with Crippen LogP contribution in [-0.2, 0) is 4.79 Å². The molecule has 22 heavy (non-hydrogen) atoms. The molecule has 4 heterocycles. The molecular weight excluding hydrogens is 284 g/mol. The number of rotatable bonds is 3. The number of amides is 1. The van der Waals surface area contributed by atoms with Gasteiger partial charge in [0.1, 0.15) is 5.69 Å². The van der Waals surface area contributed by atoms with Gasteiger partial charge in [-0.1, -0.05) is 11.2 Å². The van der Waals surface area contributed by atoms with Gasteiger partial charge >= 0.3 is 0 Å². The number of hydrogen-bond acceptors (Lipinski definition) is 6. The quantitative estimate of drug-likeness (QED) is 0.783. The van der Waals surface area contributed by atoms with Gasteiger partial charge in [0.05, 0.1) is 17.8 Å². The van der Waals surface area contributed by atoms with Gasteiger partial charge in [-0.3, -0.25) is 14.9 Å². The lowest BCUT2D eigenvalue weighted by Gasteiger charge is -2.12. The second-order valence-corrected chi connectivity index (χ2v) is 5.03. The largest absolute Gasteiger partial charge is 0.339 e. The van der Waals surface area contributed by atoms with Crippen LogP contribution >= 0.6 is 0 Å². The first kappa shape index (κ1) is 12.7. The molecule has 8 nitrogen and oxygen atoms in total. The lowest BCUT2D eigenvalue weighted by Crippen LogP contribution is -2.23. The van der Waals surface area contributed by atoms with Crippen LogP contribution in [0.3, 0.4) is 0 Å². The average Bonchev–Trinajstić information content (AvgIpc) is 3.28. The average molecular weight is 296 g/mol. The van der Waals surface area contributed by atoms with Gasteiger partial charge < -0.3 is 9.42 Å². The topological polar surface area (TPSA) is 101 Å². The Labute approximate surface area is 125 Å². The molecule has 0 radical (unpaired) electrons. The minimum atomic E-state index is -0.118. The highest BCUT2D eigenvalue weighted by atomic mass is 16.5. The van der Waals surface area contributed by atoms with Gasteiger partial charge in [0, 0.05) is 25.4 Å². The molecule has 4 rings (SSSR count). The number of carbonyl (C=O) groups excluding carboxylic acids is 1. The van der Waals surface area contributed by atoms with Gasteiger partial charge in [-0.05, 0) is 12.1 Å². The molecule has 0 spiro atoms. The summed E-state index contributed by atoms with van der Waals surface area (Å²) in [6.45, 7) is 0.502. The van der Waals surface area contributed by atoms with E-state index in [2.05, 4.69) is 25.3 Å². The predicted octanol–water partition coefficient (Wildman–Crippen LogP) is 1.38. The molecule has 0 aromatic carbocycles. The number of hydrogen-bond donors (Lipinski definition) is 1. The highest BCUT2D eigenvalue weighted by Crippen LogP contribution is 2.31. The zero-order valence-electron chi connectivity index (χ0n) is 11.5. The third-order valence-corrected chi connectivity index (χ3v) is 3.61. The fraction of sp³-hybridized carbons (Fsp3) is 0.214. The van der Waals surface area contributed by atoms with Crippen LogP contribution in [0.4, 0.5) is 5.69 Å². The molecule has 0 bridgehead atoms. The van der Waals surface area contributed by atoms with E-state index in [0.717, 1.165) is 5.69 Å². The Hall–Kier alpha value is -3.03. The van der Waals surface area contributed by atoms with Crippen molar-refractivity contribution >= 4 is 11.6 Å². The first-order valence-corrected chi connectivity index (χ1v) is 6.85. The van der Waals surface area contributed by atoms with E-state index in [4.69, 9.17) is 4.52 Å². The van der Waals surface area contributed by atoms with Crippen molar-refractivity contribution in [1.29, 1.82) is 0 Å². The maximum absolute atomic E-state index is 12.1. The van der Waals surface area contributed by atoms with Gasteiger partial charge in [-0.15, -0.1) is 0 Å². The summed E-state index contributed by atoms with van der Waals surface area (Å²) >= 11 is 0. The number of H-pyrrole nitrogens is 1. The van der Waals surface area contributed by atoms with Gasteiger partial charge in [-0.2, -0.15) is 10.1 Å². The number of aromatic nitrogens is 5. The Bertz CT molecular complexity index is 783. The molecule has 1 fully saturated rings. The van der Waals surface area contributed by atoms with Crippen LogP contribution in [0.5, 0.6) is 0 Å². The number of pyridine rings is 1. The molecule has 1 N–H and O–H groups in total. The lowest BCUT2D eigenvalue weighted by molar-refractivity contribution is -0.117. The maximum Gasteiger partial charge on any atom is 0.232 e. The summed E-state index contributed by atoms with van der Waals surface area (Å²) in [5.41, 5.74) is 1.39. The maximum atomic E-state index is 12.1. The van der Waals surface area contributed by atoms with Crippen LogP contribution in [0.25, 0.3) is 11.5 Å². The minimum Gasteiger partial charge on any atom is -0.339 e. The molecule has 3 aromatic rings. The zero-order valence-corrected chi connectivity index (χ0v) is 11.5. The van der Waals surface area contributed by atoms with Gasteiger partial charge in [0.25, 0.3) is 0 Å². The van der Waals surface area contributed by atoms with E-state index < -0.39 is 0 Å². The van der Waals surface area contributed by atoms with Gasteiger partial charge in [0.2, 0.25) is 17.6 Å². The lowest BCUT2D eigenvalue weighted by atomic mass is 10.1. The van der Waals surface area contributed by atoms with Crippen molar-refractivity contribution in [3.05, 3.63) is 42.7 Å². The Morgan fingerprint density at radius 1 is 1.36 bits per heavy atom. The highest BCUT2D eigenvalue weighted by Gasteiger charge is 2.35. The van der Waals surface area contributed by atoms with Crippen LogP contribution in [-0.4, -0.2) is 37.8 Å². The van der Waals surface area contributed by atoms with Crippen LogP contribution in [0.2, 0.25) is 0 Å². The Balaban J connectivity index is 1.57. The van der Waals surface area contributed by atoms with E-state index in [0.29, 0.717) is 30.4 Å². The first-order valence-electron chi connectivity index (χ1n) is 6.85. The number of anilines is 1. The van der Waals surface area contributed by atoms with E-state index >= 15 is 0 Å². The van der Waals surface area contributed by atoms with E-state index in [-0.39, 0.29) is 11.8 Å². The van der Waals surface area contributed by atoms with E-state index in [1.807, 2.05) is 18.2 Å². The van der Waals surface area contributed by atoms with Crippen molar-refractivity contribution in [2.24, 2.45) is 0 Å². The second kappa shape index (κ2) is 5.06. The molecular formula is C14H12N6O2. The molecule has 3 aromatic heterocycles. The van der Waals surface area contributed by atoms with Crippen molar-refractivity contribution in [2.45, 2.75) is 12.3 Å². The van der Waals surface area contributed by atoms with Gasteiger partial charge in [0.15, 0.2) is 0 Å². The summed E-state index contributed by atoms with van der Waals surface area (Å²) in [5.74, 6) is 0.793. The number of carbonyl (C=O) groups is 1. The molecule has 1 amide bonds. The van der Waals surface area contributed by atoms with Crippen molar-refractivity contribution in [3.63, 3.8) is 0 Å². The standard InChI is InChI=1S/C14H12N6O2/c21-12-5-9(8-20(12)10-6-16-17-7-10)14-18-13(19-22-14)11-3-1-2-4-15-11/h1-4,6-7,9H,5,8H2,(H,16,17)/t9-/m0/s1. The summed E-state index contributed by atoms with van der Waals surface area (Å²) < 4.78 is 5.31. The van der Waals surface area contributed by atoms with Crippen molar-refractivity contribution < 1.29 is 9.32 Å². The summed E-state index contributed by atoms with van der Waals surface area (Å²) in [6.07, 6.45) is 5.32. The van der Waals surface area contributed by atoms with E-state index in [1.165, 1.54) is 0 Å². The fourth-order valence-electron chi connectivity index (χ4n) is 2.51. The third kappa shape index (κ3) is 2.14. The normalized spacial score (nSPS) is 18.1. The monoisotopic (exact) mass is 296 g/mol. The molecule has 110 valence electrons. The summed E-state index contributed by atoms with van der Waals surface area (Å²) in [4.78, 5) is 22.3. The molecule has 0 saturated carbocycles. The minimum absolute atomic E-state index is 0.0176. The zero-order chi connectivity index (χ0) is 14.9. The molecule has 1 aliphatic rings. The molecule has 0 aliphatic carbocycles. The van der Waals surface area contributed by atoms with Gasteiger partial charge in [-0.25, -0.2) is 0 Å². The van der Waals surface area contributed by atoms with Crippen LogP contribution in [0.15, 0.2) is 41.3 Å². The van der Waals surface area contributed by atoms with Crippen LogP contribution in [0.1, 0.15) is 18.2 Å². The Morgan fingerprint density at radius 2 is 2.32 bits per heavy atom. The Kier molecular flexibility index (Phi) is 2.92. The smallest absolute Gasteiger partial charge is 0.232 e. The number of nitrogens with one attached hydrogen (secondary N) is 1. The predicted molar refractivity (Wildman–Crippen MR) is 75.8 cm³/mol. The second-order valence-electron chi connectivity index (χ2n) is 5.03. The summed E-state index contributed by atoms with van der Waals surface area (Å²) in [5, 5.41) is 10.5. The van der Waals surface area contributed by atoms with Crippen LogP contribution < -0.4 is 4.90 Å². The SMILES string of the molecule is O=C1C[C@H](c2nc(-c3ccccn3)no2)CN1c1cn[nH]c1. The molecule has 1 atom stereocenters. The van der Waals surface area contributed by atoms with E-state index in [1.54, 1.807) is 23.5 Å².